The first-order chi connectivity index (χ1) is 4.22. The lowest BCUT2D eigenvalue weighted by Crippen LogP contribution is -2.30. The van der Waals surface area contributed by atoms with Crippen LogP contribution >= 0.6 is 0 Å². The van der Waals surface area contributed by atoms with Gasteiger partial charge in [-0.1, -0.05) is 6.92 Å². The largest absolute Gasteiger partial charge is 0.330 e. The lowest BCUT2D eigenvalue weighted by atomic mass is 10.2. The minimum absolute atomic E-state index is 0.639. The Hall–Kier alpha value is -0.0800. The molecule has 0 rings (SSSR count). The fourth-order valence-electron chi connectivity index (χ4n) is 0.773. The Morgan fingerprint density at radius 1 is 1.56 bits per heavy atom. The third kappa shape index (κ3) is 3.49. The molecule has 2 N–H and O–H groups in total. The molecule has 56 valence electrons. The summed E-state index contributed by atoms with van der Waals surface area (Å²) in [6.07, 6.45) is 1.10. The highest BCUT2D eigenvalue weighted by molar-refractivity contribution is 4.60. The summed E-state index contributed by atoms with van der Waals surface area (Å²) in [6.45, 7) is 6.27. The van der Waals surface area contributed by atoms with E-state index in [0.29, 0.717) is 6.04 Å². The summed E-state index contributed by atoms with van der Waals surface area (Å²) in [5.41, 5.74) is 5.40. The maximum atomic E-state index is 5.40. The van der Waals surface area contributed by atoms with Crippen molar-refractivity contribution in [1.29, 1.82) is 0 Å². The molecule has 0 aromatic rings. The SMILES string of the molecule is CCN(C)[C@@H](C)CCN. The van der Waals surface area contributed by atoms with Crippen LogP contribution < -0.4 is 5.73 Å². The standard InChI is InChI=1S/C7H18N2/c1-4-9(3)7(2)5-6-8/h7H,4-6,8H2,1-3H3/t7-/m0/s1. The van der Waals surface area contributed by atoms with Gasteiger partial charge in [0.2, 0.25) is 0 Å². The molecule has 0 aliphatic rings. The van der Waals surface area contributed by atoms with Crippen molar-refractivity contribution in [3.05, 3.63) is 0 Å². The maximum absolute atomic E-state index is 5.40. The molecule has 0 unspecified atom stereocenters. The molecule has 0 bridgehead atoms. The van der Waals surface area contributed by atoms with Crippen LogP contribution in [0.2, 0.25) is 0 Å². The molecule has 0 heterocycles. The third-order valence-corrected chi connectivity index (χ3v) is 1.84. The van der Waals surface area contributed by atoms with Gasteiger partial charge >= 0.3 is 0 Å². The van der Waals surface area contributed by atoms with Crippen molar-refractivity contribution in [3.8, 4) is 0 Å². The molecular weight excluding hydrogens is 112 g/mol. The topological polar surface area (TPSA) is 29.3 Å². The number of nitrogens with two attached hydrogens (primary N) is 1. The van der Waals surface area contributed by atoms with Crippen LogP contribution in [-0.4, -0.2) is 31.1 Å². The van der Waals surface area contributed by atoms with Crippen molar-refractivity contribution < 1.29 is 0 Å². The molecule has 0 aromatic heterocycles. The molecule has 0 fully saturated rings. The monoisotopic (exact) mass is 130 g/mol. The first-order valence-electron chi connectivity index (χ1n) is 3.62. The van der Waals surface area contributed by atoms with Crippen LogP contribution in [0.4, 0.5) is 0 Å². The van der Waals surface area contributed by atoms with Crippen LogP contribution in [0.3, 0.4) is 0 Å². The number of nitrogens with zero attached hydrogens (tertiary/aromatic N) is 1. The molecule has 0 radical (unpaired) electrons. The molecule has 0 aliphatic heterocycles. The number of hydrogen-bond donors (Lipinski definition) is 1. The van der Waals surface area contributed by atoms with E-state index in [2.05, 4.69) is 25.8 Å². The van der Waals surface area contributed by atoms with Gasteiger partial charge in [0, 0.05) is 6.04 Å². The van der Waals surface area contributed by atoms with Crippen molar-refractivity contribution in [2.75, 3.05) is 20.1 Å². The van der Waals surface area contributed by atoms with Gasteiger partial charge in [-0.3, -0.25) is 0 Å². The molecule has 0 aromatic carbocycles. The van der Waals surface area contributed by atoms with Crippen LogP contribution in [0.1, 0.15) is 20.3 Å². The van der Waals surface area contributed by atoms with E-state index in [-0.39, 0.29) is 0 Å². The summed E-state index contributed by atoms with van der Waals surface area (Å²) in [5, 5.41) is 0. The van der Waals surface area contributed by atoms with Gasteiger partial charge in [0.15, 0.2) is 0 Å². The second-order valence-electron chi connectivity index (χ2n) is 2.50. The van der Waals surface area contributed by atoms with E-state index in [1.54, 1.807) is 0 Å². The molecule has 1 atom stereocenters. The Bertz CT molecular complexity index is 63.9. The quantitative estimate of drug-likeness (QED) is 0.606. The molecule has 0 aliphatic carbocycles. The van der Waals surface area contributed by atoms with E-state index in [4.69, 9.17) is 5.73 Å². The highest BCUT2D eigenvalue weighted by Crippen LogP contribution is 1.97. The fraction of sp³-hybridized carbons (Fsp3) is 1.00. The Kier molecular flexibility index (Phi) is 4.72. The summed E-state index contributed by atoms with van der Waals surface area (Å²) in [6, 6.07) is 0.639. The highest BCUT2D eigenvalue weighted by atomic mass is 15.1. The van der Waals surface area contributed by atoms with E-state index < -0.39 is 0 Å². The molecular formula is C7H18N2. The van der Waals surface area contributed by atoms with Crippen LogP contribution in [0.5, 0.6) is 0 Å². The molecule has 9 heavy (non-hydrogen) atoms. The third-order valence-electron chi connectivity index (χ3n) is 1.84. The summed E-state index contributed by atoms with van der Waals surface area (Å²) >= 11 is 0. The van der Waals surface area contributed by atoms with Gasteiger partial charge in [0.05, 0.1) is 0 Å². The predicted molar refractivity (Wildman–Crippen MR) is 41.4 cm³/mol. The van der Waals surface area contributed by atoms with E-state index in [1.807, 2.05) is 0 Å². The highest BCUT2D eigenvalue weighted by Gasteiger charge is 2.03. The minimum Gasteiger partial charge on any atom is -0.330 e. The lowest BCUT2D eigenvalue weighted by Gasteiger charge is -2.21. The Morgan fingerprint density at radius 2 is 2.11 bits per heavy atom. The van der Waals surface area contributed by atoms with Gasteiger partial charge in [0.1, 0.15) is 0 Å². The van der Waals surface area contributed by atoms with Crippen molar-refractivity contribution in [2.24, 2.45) is 5.73 Å². The lowest BCUT2D eigenvalue weighted by molar-refractivity contribution is 0.261. The molecule has 0 spiro atoms. The van der Waals surface area contributed by atoms with Gasteiger partial charge < -0.3 is 10.6 Å². The van der Waals surface area contributed by atoms with Gasteiger partial charge in [-0.25, -0.2) is 0 Å². The fourth-order valence-corrected chi connectivity index (χ4v) is 0.773. The van der Waals surface area contributed by atoms with Crippen LogP contribution in [0.25, 0.3) is 0 Å². The van der Waals surface area contributed by atoms with Crippen molar-refractivity contribution in [1.82, 2.24) is 4.90 Å². The normalized spacial score (nSPS) is 14.3. The van der Waals surface area contributed by atoms with Gasteiger partial charge in [0.25, 0.3) is 0 Å². The van der Waals surface area contributed by atoms with Crippen LogP contribution in [0, 0.1) is 0 Å². The smallest absolute Gasteiger partial charge is 0.00757 e. The van der Waals surface area contributed by atoms with E-state index in [0.717, 1.165) is 19.5 Å². The minimum atomic E-state index is 0.639. The van der Waals surface area contributed by atoms with Gasteiger partial charge in [-0.05, 0) is 33.5 Å². The zero-order valence-electron chi connectivity index (χ0n) is 6.72. The second kappa shape index (κ2) is 4.77. The van der Waals surface area contributed by atoms with E-state index in [9.17, 15) is 0 Å². The summed E-state index contributed by atoms with van der Waals surface area (Å²) in [5.74, 6) is 0. The maximum Gasteiger partial charge on any atom is 0.00757 e. The first-order valence-corrected chi connectivity index (χ1v) is 3.62. The van der Waals surface area contributed by atoms with E-state index >= 15 is 0 Å². The Labute approximate surface area is 58.0 Å². The molecule has 2 heteroatoms. The summed E-state index contributed by atoms with van der Waals surface area (Å²) in [4.78, 5) is 2.30. The predicted octanol–water partition coefficient (Wildman–Crippen LogP) is 0.675. The molecule has 0 saturated carbocycles. The number of rotatable bonds is 4. The molecule has 0 amide bonds. The van der Waals surface area contributed by atoms with Crippen LogP contribution in [-0.2, 0) is 0 Å². The zero-order valence-corrected chi connectivity index (χ0v) is 6.72. The average molecular weight is 130 g/mol. The average Bonchev–Trinajstić information content (AvgIpc) is 1.87. The molecule has 2 nitrogen and oxygen atoms in total. The van der Waals surface area contributed by atoms with Crippen molar-refractivity contribution >= 4 is 0 Å². The summed E-state index contributed by atoms with van der Waals surface area (Å²) < 4.78 is 0. The van der Waals surface area contributed by atoms with Crippen molar-refractivity contribution in [2.45, 2.75) is 26.3 Å². The van der Waals surface area contributed by atoms with Gasteiger partial charge in [-0.2, -0.15) is 0 Å². The first kappa shape index (κ1) is 8.92. The van der Waals surface area contributed by atoms with Crippen molar-refractivity contribution in [3.63, 3.8) is 0 Å². The Morgan fingerprint density at radius 3 is 2.44 bits per heavy atom. The Balaban J connectivity index is 3.32. The molecule has 0 saturated heterocycles. The van der Waals surface area contributed by atoms with Gasteiger partial charge in [-0.15, -0.1) is 0 Å². The van der Waals surface area contributed by atoms with Crippen LogP contribution in [0.15, 0.2) is 0 Å². The zero-order chi connectivity index (χ0) is 7.28. The number of hydrogen-bond acceptors (Lipinski definition) is 2. The van der Waals surface area contributed by atoms with E-state index in [1.165, 1.54) is 0 Å². The second-order valence-corrected chi connectivity index (χ2v) is 2.50. The summed E-state index contributed by atoms with van der Waals surface area (Å²) in [7, 11) is 2.13.